The summed E-state index contributed by atoms with van der Waals surface area (Å²) in [5.74, 6) is 0.789. The predicted molar refractivity (Wildman–Crippen MR) is 74.9 cm³/mol. The van der Waals surface area contributed by atoms with Crippen LogP contribution in [0.2, 0.25) is 0 Å². The van der Waals surface area contributed by atoms with Gasteiger partial charge in [-0.25, -0.2) is 0 Å². The lowest BCUT2D eigenvalue weighted by Gasteiger charge is -2.20. The molecule has 92 valence electrons. The van der Waals surface area contributed by atoms with Crippen LogP contribution in [0.3, 0.4) is 0 Å². The molecule has 0 amide bonds. The molecule has 0 saturated heterocycles. The van der Waals surface area contributed by atoms with Gasteiger partial charge in [0.2, 0.25) is 0 Å². The number of rotatable bonds is 1. The van der Waals surface area contributed by atoms with Crippen LogP contribution in [0.25, 0.3) is 5.57 Å². The van der Waals surface area contributed by atoms with E-state index in [-0.39, 0.29) is 0 Å². The summed E-state index contributed by atoms with van der Waals surface area (Å²) in [6.07, 6.45) is 2.04. The summed E-state index contributed by atoms with van der Waals surface area (Å²) in [6, 6.07) is 16.2. The van der Waals surface area contributed by atoms with Crippen molar-refractivity contribution in [2.24, 2.45) is 0 Å². The van der Waals surface area contributed by atoms with Gasteiger partial charge >= 0.3 is 0 Å². The van der Waals surface area contributed by atoms with Crippen LogP contribution >= 0.6 is 0 Å². The molecule has 1 aliphatic rings. The number of benzene rings is 2. The zero-order valence-electron chi connectivity index (χ0n) is 10.7. The van der Waals surface area contributed by atoms with Crippen molar-refractivity contribution in [3.63, 3.8) is 0 Å². The second kappa shape index (κ2) is 4.62. The Morgan fingerprint density at radius 1 is 1.11 bits per heavy atom. The highest BCUT2D eigenvalue weighted by molar-refractivity contribution is 5.86. The highest BCUT2D eigenvalue weighted by Crippen LogP contribution is 2.36. The van der Waals surface area contributed by atoms with E-state index in [4.69, 9.17) is 4.74 Å². The molecule has 0 spiro atoms. The van der Waals surface area contributed by atoms with Gasteiger partial charge in [0, 0.05) is 5.56 Å². The standard InChI is InChI=1S/C17H13NO/c1-12-5-7-13(8-6-12)15-9-10-19-16-4-2-3-14(11-18)17(15)16/h2-9H,10H2,1H3. The maximum atomic E-state index is 9.27. The second-order valence-corrected chi connectivity index (χ2v) is 4.59. The molecule has 0 aromatic heterocycles. The van der Waals surface area contributed by atoms with Gasteiger partial charge in [0.15, 0.2) is 0 Å². The number of nitrogens with zero attached hydrogens (tertiary/aromatic N) is 1. The molecule has 0 aliphatic carbocycles. The molecule has 0 saturated carbocycles. The molecule has 3 rings (SSSR count). The first-order chi connectivity index (χ1) is 9.29. The van der Waals surface area contributed by atoms with Crippen molar-refractivity contribution in [2.45, 2.75) is 6.92 Å². The Hall–Kier alpha value is -2.53. The molecular formula is C17H13NO. The van der Waals surface area contributed by atoms with E-state index in [0.29, 0.717) is 12.2 Å². The van der Waals surface area contributed by atoms with Gasteiger partial charge in [-0.05, 0) is 36.3 Å². The first-order valence-electron chi connectivity index (χ1n) is 6.23. The van der Waals surface area contributed by atoms with Gasteiger partial charge in [-0.15, -0.1) is 0 Å². The minimum absolute atomic E-state index is 0.547. The van der Waals surface area contributed by atoms with E-state index in [1.54, 1.807) is 0 Å². The lowest BCUT2D eigenvalue weighted by Crippen LogP contribution is -2.07. The molecule has 0 atom stereocenters. The lowest BCUT2D eigenvalue weighted by atomic mass is 9.91. The largest absolute Gasteiger partial charge is 0.489 e. The number of aryl methyl sites for hydroxylation is 1. The molecule has 0 fully saturated rings. The van der Waals surface area contributed by atoms with E-state index in [2.05, 4.69) is 37.3 Å². The van der Waals surface area contributed by atoms with Gasteiger partial charge < -0.3 is 4.74 Å². The van der Waals surface area contributed by atoms with Gasteiger partial charge in [0.05, 0.1) is 11.6 Å². The molecule has 0 unspecified atom stereocenters. The number of nitriles is 1. The van der Waals surface area contributed by atoms with E-state index >= 15 is 0 Å². The van der Waals surface area contributed by atoms with Crippen molar-refractivity contribution < 1.29 is 4.74 Å². The number of hydrogen-bond acceptors (Lipinski definition) is 2. The molecule has 2 aromatic rings. The average Bonchev–Trinajstić information content (AvgIpc) is 2.47. The van der Waals surface area contributed by atoms with E-state index in [1.807, 2.05) is 24.3 Å². The van der Waals surface area contributed by atoms with Crippen LogP contribution in [0.15, 0.2) is 48.5 Å². The molecular weight excluding hydrogens is 234 g/mol. The van der Waals surface area contributed by atoms with Crippen LogP contribution in [0.5, 0.6) is 5.75 Å². The Morgan fingerprint density at radius 2 is 1.89 bits per heavy atom. The number of ether oxygens (including phenoxy) is 1. The predicted octanol–water partition coefficient (Wildman–Crippen LogP) is 3.69. The third kappa shape index (κ3) is 2.00. The highest BCUT2D eigenvalue weighted by atomic mass is 16.5. The van der Waals surface area contributed by atoms with Gasteiger partial charge in [0.1, 0.15) is 12.4 Å². The van der Waals surface area contributed by atoms with Gasteiger partial charge in [-0.1, -0.05) is 35.9 Å². The van der Waals surface area contributed by atoms with Crippen LogP contribution in [0.1, 0.15) is 22.3 Å². The molecule has 2 aromatic carbocycles. The summed E-state index contributed by atoms with van der Waals surface area (Å²) in [5.41, 5.74) is 4.99. The first-order valence-corrected chi connectivity index (χ1v) is 6.23. The molecule has 19 heavy (non-hydrogen) atoms. The maximum absolute atomic E-state index is 9.27. The minimum atomic E-state index is 0.547. The molecule has 1 heterocycles. The fourth-order valence-corrected chi connectivity index (χ4v) is 2.33. The highest BCUT2D eigenvalue weighted by Gasteiger charge is 2.18. The van der Waals surface area contributed by atoms with Crippen LogP contribution in [-0.4, -0.2) is 6.61 Å². The monoisotopic (exact) mass is 247 g/mol. The Kier molecular flexibility index (Phi) is 2.81. The topological polar surface area (TPSA) is 33.0 Å². The van der Waals surface area contributed by atoms with Gasteiger partial charge in [-0.3, -0.25) is 0 Å². The number of hydrogen-bond donors (Lipinski definition) is 0. The van der Waals surface area contributed by atoms with Crippen molar-refractivity contribution in [1.82, 2.24) is 0 Å². The van der Waals surface area contributed by atoms with Gasteiger partial charge in [-0.2, -0.15) is 5.26 Å². The Balaban J connectivity index is 2.18. The van der Waals surface area contributed by atoms with Crippen molar-refractivity contribution in [2.75, 3.05) is 6.61 Å². The molecule has 0 N–H and O–H groups in total. The molecule has 0 bridgehead atoms. The Morgan fingerprint density at radius 3 is 2.63 bits per heavy atom. The smallest absolute Gasteiger partial charge is 0.128 e. The van der Waals surface area contributed by atoms with Crippen molar-refractivity contribution >= 4 is 5.57 Å². The minimum Gasteiger partial charge on any atom is -0.489 e. The number of fused-ring (bicyclic) bond motifs is 1. The first kappa shape index (κ1) is 11.6. The zero-order chi connectivity index (χ0) is 13.2. The molecule has 1 aliphatic heterocycles. The third-order valence-electron chi connectivity index (χ3n) is 3.30. The normalized spacial score (nSPS) is 12.9. The van der Waals surface area contributed by atoms with Crippen LogP contribution < -0.4 is 4.74 Å². The van der Waals surface area contributed by atoms with Crippen molar-refractivity contribution in [3.05, 3.63) is 70.8 Å². The summed E-state index contributed by atoms with van der Waals surface area (Å²) >= 11 is 0. The quantitative estimate of drug-likeness (QED) is 0.770. The third-order valence-corrected chi connectivity index (χ3v) is 3.30. The van der Waals surface area contributed by atoms with Crippen LogP contribution in [0, 0.1) is 18.3 Å². The van der Waals surface area contributed by atoms with E-state index in [1.165, 1.54) is 5.56 Å². The molecule has 0 radical (unpaired) electrons. The average molecular weight is 247 g/mol. The van der Waals surface area contributed by atoms with E-state index in [0.717, 1.165) is 22.4 Å². The maximum Gasteiger partial charge on any atom is 0.128 e. The van der Waals surface area contributed by atoms with Crippen molar-refractivity contribution in [3.8, 4) is 11.8 Å². The molecule has 2 heteroatoms. The van der Waals surface area contributed by atoms with Crippen LogP contribution in [0.4, 0.5) is 0 Å². The van der Waals surface area contributed by atoms with E-state index in [9.17, 15) is 5.26 Å². The van der Waals surface area contributed by atoms with Gasteiger partial charge in [0.25, 0.3) is 0 Å². The summed E-state index contributed by atoms with van der Waals surface area (Å²) in [4.78, 5) is 0. The summed E-state index contributed by atoms with van der Waals surface area (Å²) in [6.45, 7) is 2.61. The Labute approximate surface area is 112 Å². The van der Waals surface area contributed by atoms with E-state index < -0.39 is 0 Å². The van der Waals surface area contributed by atoms with Crippen LogP contribution in [-0.2, 0) is 0 Å². The summed E-state index contributed by atoms with van der Waals surface area (Å²) in [5, 5.41) is 9.27. The molecule has 2 nitrogen and oxygen atoms in total. The lowest BCUT2D eigenvalue weighted by molar-refractivity contribution is 0.357. The fraction of sp³-hybridized carbons (Fsp3) is 0.118. The zero-order valence-corrected chi connectivity index (χ0v) is 10.7. The summed E-state index contributed by atoms with van der Waals surface area (Å²) in [7, 11) is 0. The SMILES string of the molecule is Cc1ccc(C2=CCOc3cccc(C#N)c32)cc1. The summed E-state index contributed by atoms with van der Waals surface area (Å²) < 4.78 is 5.61. The Bertz CT molecular complexity index is 690. The fourth-order valence-electron chi connectivity index (χ4n) is 2.33. The second-order valence-electron chi connectivity index (χ2n) is 4.59. The van der Waals surface area contributed by atoms with Crippen molar-refractivity contribution in [1.29, 1.82) is 5.26 Å².